The predicted octanol–water partition coefficient (Wildman–Crippen LogP) is 1.71. The third-order valence-corrected chi connectivity index (χ3v) is 3.80. The zero-order valence-electron chi connectivity index (χ0n) is 13.1. The molecular weight excluding hydrogens is 417 g/mol. The summed E-state index contributed by atoms with van der Waals surface area (Å²) in [6.07, 6.45) is 1.18. The van der Waals surface area contributed by atoms with Gasteiger partial charge in [0.05, 0.1) is 25.5 Å². The zero-order valence-corrected chi connectivity index (χ0v) is 16.3. The standard InChI is InChI=1S/C14H23N3O3S.HI/c1-11-4-5-13(10-12(11)2)17-14(15)16-6-7-20-8-9-21(3,18)19;/h4-5,10H,6-9H2,1-3H3,(H3,15,16,17);1H. The van der Waals surface area contributed by atoms with Crippen LogP contribution in [0.4, 0.5) is 5.69 Å². The molecule has 0 atom stereocenters. The van der Waals surface area contributed by atoms with Gasteiger partial charge in [-0.2, -0.15) is 0 Å². The second-order valence-electron chi connectivity index (χ2n) is 4.93. The van der Waals surface area contributed by atoms with Crippen LogP contribution >= 0.6 is 24.0 Å². The van der Waals surface area contributed by atoms with Crippen LogP contribution in [0.2, 0.25) is 0 Å². The topological polar surface area (TPSA) is 93.8 Å². The first-order valence-corrected chi connectivity index (χ1v) is 8.73. The van der Waals surface area contributed by atoms with E-state index in [1.54, 1.807) is 0 Å². The number of aliphatic imine (C=N–C) groups is 1. The number of ether oxygens (including phenoxy) is 1. The van der Waals surface area contributed by atoms with Crippen LogP contribution in [-0.2, 0) is 14.6 Å². The van der Waals surface area contributed by atoms with Crippen molar-refractivity contribution in [2.45, 2.75) is 13.8 Å². The van der Waals surface area contributed by atoms with Crippen LogP contribution in [0.5, 0.6) is 0 Å². The fourth-order valence-electron chi connectivity index (χ4n) is 1.55. The van der Waals surface area contributed by atoms with E-state index in [2.05, 4.69) is 10.3 Å². The van der Waals surface area contributed by atoms with Gasteiger partial charge in [0.2, 0.25) is 0 Å². The van der Waals surface area contributed by atoms with Crippen LogP contribution in [-0.4, -0.2) is 46.1 Å². The van der Waals surface area contributed by atoms with Crippen molar-refractivity contribution in [2.24, 2.45) is 10.7 Å². The number of nitrogens with one attached hydrogen (secondary N) is 1. The molecule has 1 aromatic rings. The van der Waals surface area contributed by atoms with Crippen LogP contribution < -0.4 is 11.1 Å². The monoisotopic (exact) mass is 441 g/mol. The number of nitrogens with two attached hydrogens (primary N) is 1. The van der Waals surface area contributed by atoms with Crippen LogP contribution in [0.25, 0.3) is 0 Å². The van der Waals surface area contributed by atoms with Gasteiger partial charge in [-0.1, -0.05) is 6.07 Å². The van der Waals surface area contributed by atoms with E-state index in [0.29, 0.717) is 19.1 Å². The minimum absolute atomic E-state index is 0. The molecule has 0 amide bonds. The Labute approximate surface area is 149 Å². The number of hydrogen-bond donors (Lipinski definition) is 2. The zero-order chi connectivity index (χ0) is 15.9. The Morgan fingerprint density at radius 2 is 1.95 bits per heavy atom. The van der Waals surface area contributed by atoms with Gasteiger partial charge in [-0.05, 0) is 37.1 Å². The molecular formula is C14H24IN3O3S. The van der Waals surface area contributed by atoms with E-state index < -0.39 is 9.84 Å². The smallest absolute Gasteiger partial charge is 0.193 e. The molecule has 0 radical (unpaired) electrons. The minimum atomic E-state index is -2.97. The van der Waals surface area contributed by atoms with Gasteiger partial charge in [-0.15, -0.1) is 24.0 Å². The van der Waals surface area contributed by atoms with Gasteiger partial charge < -0.3 is 15.8 Å². The summed E-state index contributed by atoms with van der Waals surface area (Å²) in [6.45, 7) is 4.98. The number of nitrogens with zero attached hydrogens (tertiary/aromatic N) is 1. The number of guanidine groups is 1. The lowest BCUT2D eigenvalue weighted by molar-refractivity contribution is 0.157. The van der Waals surface area contributed by atoms with Crippen LogP contribution in [0.3, 0.4) is 0 Å². The van der Waals surface area contributed by atoms with Crippen LogP contribution in [0.1, 0.15) is 11.1 Å². The van der Waals surface area contributed by atoms with E-state index in [0.717, 1.165) is 5.69 Å². The van der Waals surface area contributed by atoms with E-state index in [1.807, 2.05) is 32.0 Å². The molecule has 0 aliphatic rings. The number of halogens is 1. The number of sulfone groups is 1. The molecule has 0 aromatic heterocycles. The summed E-state index contributed by atoms with van der Waals surface area (Å²) in [4.78, 5) is 4.11. The first kappa shape index (κ1) is 21.1. The van der Waals surface area contributed by atoms with Crippen molar-refractivity contribution in [1.29, 1.82) is 0 Å². The molecule has 0 saturated carbocycles. The van der Waals surface area contributed by atoms with Crippen molar-refractivity contribution in [3.63, 3.8) is 0 Å². The molecule has 3 N–H and O–H groups in total. The first-order chi connectivity index (χ1) is 9.78. The van der Waals surface area contributed by atoms with Crippen molar-refractivity contribution in [2.75, 3.05) is 37.1 Å². The number of aryl methyl sites for hydroxylation is 2. The predicted molar refractivity (Wildman–Crippen MR) is 102 cm³/mol. The van der Waals surface area contributed by atoms with Crippen LogP contribution in [0, 0.1) is 13.8 Å². The summed E-state index contributed by atoms with van der Waals surface area (Å²) in [5, 5.41) is 3.00. The Bertz CT molecular complexity index is 603. The largest absolute Gasteiger partial charge is 0.378 e. The molecule has 1 rings (SSSR count). The van der Waals surface area contributed by atoms with E-state index in [9.17, 15) is 8.42 Å². The Balaban J connectivity index is 0.00000441. The van der Waals surface area contributed by atoms with Gasteiger partial charge in [-0.25, -0.2) is 8.42 Å². The SMILES string of the molecule is Cc1ccc(NC(N)=NCCOCCS(C)(=O)=O)cc1C.I. The lowest BCUT2D eigenvalue weighted by Gasteiger charge is -2.08. The third-order valence-electron chi connectivity index (χ3n) is 2.90. The lowest BCUT2D eigenvalue weighted by atomic mass is 10.1. The Hall–Kier alpha value is -0.870. The number of rotatable bonds is 7. The fraction of sp³-hybridized carbons (Fsp3) is 0.500. The molecule has 0 bridgehead atoms. The van der Waals surface area contributed by atoms with E-state index in [-0.39, 0.29) is 36.3 Å². The quantitative estimate of drug-likeness (QED) is 0.291. The molecule has 0 saturated heterocycles. The highest BCUT2D eigenvalue weighted by Gasteiger charge is 2.01. The Kier molecular flexibility index (Phi) is 9.61. The van der Waals surface area contributed by atoms with Crippen molar-refractivity contribution >= 4 is 45.5 Å². The highest BCUT2D eigenvalue weighted by atomic mass is 127. The molecule has 6 nitrogen and oxygen atoms in total. The molecule has 0 unspecified atom stereocenters. The van der Waals surface area contributed by atoms with Crippen molar-refractivity contribution in [3.05, 3.63) is 29.3 Å². The van der Waals surface area contributed by atoms with Crippen molar-refractivity contribution in [3.8, 4) is 0 Å². The summed E-state index contributed by atoms with van der Waals surface area (Å²) in [5.74, 6) is 0.331. The van der Waals surface area contributed by atoms with E-state index >= 15 is 0 Å². The average molecular weight is 441 g/mol. The van der Waals surface area contributed by atoms with E-state index in [1.165, 1.54) is 17.4 Å². The maximum absolute atomic E-state index is 10.9. The van der Waals surface area contributed by atoms with Crippen molar-refractivity contribution < 1.29 is 13.2 Å². The molecule has 0 fully saturated rings. The Morgan fingerprint density at radius 1 is 1.27 bits per heavy atom. The molecule has 0 aliphatic carbocycles. The molecule has 0 spiro atoms. The summed E-state index contributed by atoms with van der Waals surface area (Å²) < 4.78 is 27.0. The normalized spacial score (nSPS) is 11.9. The molecule has 1 aromatic carbocycles. The number of hydrogen-bond acceptors (Lipinski definition) is 4. The van der Waals surface area contributed by atoms with Gasteiger partial charge >= 0.3 is 0 Å². The number of anilines is 1. The maximum Gasteiger partial charge on any atom is 0.193 e. The molecule has 8 heteroatoms. The highest BCUT2D eigenvalue weighted by Crippen LogP contribution is 2.13. The first-order valence-electron chi connectivity index (χ1n) is 6.67. The van der Waals surface area contributed by atoms with Gasteiger partial charge in [0.25, 0.3) is 0 Å². The summed E-state index contributed by atoms with van der Waals surface area (Å²) in [6, 6.07) is 5.95. The molecule has 0 heterocycles. The second-order valence-corrected chi connectivity index (χ2v) is 7.19. The molecule has 126 valence electrons. The van der Waals surface area contributed by atoms with Gasteiger partial charge in [0, 0.05) is 11.9 Å². The maximum atomic E-state index is 10.9. The minimum Gasteiger partial charge on any atom is -0.378 e. The number of benzene rings is 1. The highest BCUT2D eigenvalue weighted by molar-refractivity contribution is 14.0. The van der Waals surface area contributed by atoms with Crippen LogP contribution in [0.15, 0.2) is 23.2 Å². The van der Waals surface area contributed by atoms with Gasteiger partial charge in [0.15, 0.2) is 5.96 Å². The van der Waals surface area contributed by atoms with Gasteiger partial charge in [-0.3, -0.25) is 4.99 Å². The third kappa shape index (κ3) is 9.21. The van der Waals surface area contributed by atoms with Gasteiger partial charge in [0.1, 0.15) is 9.84 Å². The van der Waals surface area contributed by atoms with Crippen molar-refractivity contribution in [1.82, 2.24) is 0 Å². The average Bonchev–Trinajstić information content (AvgIpc) is 2.37. The molecule has 0 aliphatic heterocycles. The summed E-state index contributed by atoms with van der Waals surface area (Å²) in [7, 11) is -2.97. The molecule has 22 heavy (non-hydrogen) atoms. The second kappa shape index (κ2) is 10.0. The van der Waals surface area contributed by atoms with E-state index in [4.69, 9.17) is 10.5 Å². The summed E-state index contributed by atoms with van der Waals surface area (Å²) >= 11 is 0. The Morgan fingerprint density at radius 3 is 2.55 bits per heavy atom. The summed E-state index contributed by atoms with van der Waals surface area (Å²) in [5.41, 5.74) is 9.05. The fourth-order valence-corrected chi connectivity index (χ4v) is 1.97. The lowest BCUT2D eigenvalue weighted by Crippen LogP contribution is -2.23.